The van der Waals surface area contributed by atoms with Gasteiger partial charge in [0.25, 0.3) is 5.91 Å². The molecule has 0 aromatic heterocycles. The Morgan fingerprint density at radius 2 is 1.79 bits per heavy atom. The van der Waals surface area contributed by atoms with Crippen molar-refractivity contribution in [2.24, 2.45) is 0 Å². The number of hydrogen-bond donors (Lipinski definition) is 0. The summed E-state index contributed by atoms with van der Waals surface area (Å²) in [5.41, 5.74) is 0.999. The molecule has 1 fully saturated rings. The second-order valence-corrected chi connectivity index (χ2v) is 5.63. The van der Waals surface area contributed by atoms with Crippen molar-refractivity contribution in [1.29, 1.82) is 0 Å². The molecule has 19 heavy (non-hydrogen) atoms. The summed E-state index contributed by atoms with van der Waals surface area (Å²) in [5.74, 6) is 0.0620. The molecule has 1 amide bonds. The summed E-state index contributed by atoms with van der Waals surface area (Å²) in [5, 5.41) is 0. The summed E-state index contributed by atoms with van der Waals surface area (Å²) in [6.07, 6.45) is 0.453. The van der Waals surface area contributed by atoms with Gasteiger partial charge in [-0.2, -0.15) is 0 Å². The van der Waals surface area contributed by atoms with Crippen molar-refractivity contribution >= 4 is 17.4 Å². The van der Waals surface area contributed by atoms with Crippen LogP contribution < -0.4 is 4.90 Å². The lowest BCUT2D eigenvalue weighted by molar-refractivity contribution is -0.123. The van der Waals surface area contributed by atoms with Gasteiger partial charge in [0.15, 0.2) is 5.78 Å². The number of Topliss-reactive ketones (excluding diaryl/α,β-unsaturated/α-hetero) is 1. The van der Waals surface area contributed by atoms with Crippen LogP contribution in [0.15, 0.2) is 24.3 Å². The topological polar surface area (TPSA) is 40.6 Å². The molecule has 1 aromatic rings. The normalized spacial score (nSPS) is 17.7. The fourth-order valence-corrected chi connectivity index (χ4v) is 2.36. The molecule has 0 N–H and O–H groups in total. The molecule has 2 rings (SSSR count). The van der Waals surface area contributed by atoms with Gasteiger partial charge in [-0.05, 0) is 38.1 Å². The van der Waals surface area contributed by atoms with Gasteiger partial charge in [0.2, 0.25) is 0 Å². The van der Waals surface area contributed by atoms with Gasteiger partial charge in [-0.3, -0.25) is 9.59 Å². The summed E-state index contributed by atoms with van der Waals surface area (Å²) in [6.45, 7) is 4.14. The average Bonchev–Trinajstić information content (AvgIpc) is 2.63. The lowest BCUT2D eigenvalue weighted by atomic mass is 10.00. The molecule has 1 saturated heterocycles. The third-order valence-corrected chi connectivity index (χ3v) is 3.80. The van der Waals surface area contributed by atoms with Crippen LogP contribution in [-0.2, 0) is 4.79 Å². The molecule has 1 aliphatic rings. The van der Waals surface area contributed by atoms with Crippen molar-refractivity contribution in [2.75, 3.05) is 25.5 Å². The number of carbonyl (C=O) groups is 2. The molecule has 0 radical (unpaired) electrons. The zero-order valence-electron chi connectivity index (χ0n) is 11.9. The molecule has 0 unspecified atom stereocenters. The van der Waals surface area contributed by atoms with Gasteiger partial charge in [0.05, 0.1) is 5.54 Å². The van der Waals surface area contributed by atoms with E-state index in [9.17, 15) is 9.59 Å². The minimum Gasteiger partial charge on any atom is -0.378 e. The van der Waals surface area contributed by atoms with E-state index in [1.165, 1.54) is 0 Å². The summed E-state index contributed by atoms with van der Waals surface area (Å²) >= 11 is 0. The van der Waals surface area contributed by atoms with E-state index < -0.39 is 5.54 Å². The third kappa shape index (κ3) is 2.35. The second kappa shape index (κ2) is 4.68. The van der Waals surface area contributed by atoms with E-state index in [1.807, 2.05) is 57.1 Å². The average molecular weight is 260 g/mol. The van der Waals surface area contributed by atoms with E-state index in [4.69, 9.17) is 0 Å². The fourth-order valence-electron chi connectivity index (χ4n) is 2.36. The molecular formula is C15H20N2O2. The molecule has 1 aliphatic heterocycles. The van der Waals surface area contributed by atoms with E-state index in [0.717, 1.165) is 5.69 Å². The Balaban J connectivity index is 2.23. The Morgan fingerprint density at radius 3 is 2.21 bits per heavy atom. The molecule has 4 heteroatoms. The molecule has 0 spiro atoms. The van der Waals surface area contributed by atoms with Gasteiger partial charge in [-0.15, -0.1) is 0 Å². The van der Waals surface area contributed by atoms with E-state index in [-0.39, 0.29) is 11.7 Å². The van der Waals surface area contributed by atoms with Crippen molar-refractivity contribution in [3.8, 4) is 0 Å². The number of anilines is 1. The molecule has 0 aliphatic carbocycles. The van der Waals surface area contributed by atoms with E-state index in [2.05, 4.69) is 0 Å². The zero-order valence-corrected chi connectivity index (χ0v) is 11.9. The summed E-state index contributed by atoms with van der Waals surface area (Å²) in [7, 11) is 3.91. The number of likely N-dealkylation sites (tertiary alicyclic amines) is 1. The SMILES string of the molecule is CN(C)c1ccc(C(=O)N2CCC(=O)C2(C)C)cc1. The fraction of sp³-hybridized carbons (Fsp3) is 0.467. The number of hydrogen-bond acceptors (Lipinski definition) is 3. The van der Waals surface area contributed by atoms with Crippen molar-refractivity contribution in [3.05, 3.63) is 29.8 Å². The van der Waals surface area contributed by atoms with Crippen LogP contribution in [0.4, 0.5) is 5.69 Å². The third-order valence-electron chi connectivity index (χ3n) is 3.80. The number of amides is 1. The summed E-state index contributed by atoms with van der Waals surface area (Å²) in [6, 6.07) is 7.46. The standard InChI is InChI=1S/C15H20N2O2/c1-15(2)13(18)9-10-17(15)14(19)11-5-7-12(8-6-11)16(3)4/h5-8H,9-10H2,1-4H3. The van der Waals surface area contributed by atoms with Crippen molar-refractivity contribution in [3.63, 3.8) is 0 Å². The van der Waals surface area contributed by atoms with Crippen LogP contribution in [0.3, 0.4) is 0 Å². The van der Waals surface area contributed by atoms with Crippen LogP contribution >= 0.6 is 0 Å². The summed E-state index contributed by atoms with van der Waals surface area (Å²) in [4.78, 5) is 27.9. The number of carbonyl (C=O) groups excluding carboxylic acids is 2. The highest BCUT2D eigenvalue weighted by atomic mass is 16.2. The lowest BCUT2D eigenvalue weighted by Gasteiger charge is -2.30. The maximum absolute atomic E-state index is 12.4. The Morgan fingerprint density at radius 1 is 1.21 bits per heavy atom. The van der Waals surface area contributed by atoms with Gasteiger partial charge in [0, 0.05) is 38.3 Å². The first-order valence-corrected chi connectivity index (χ1v) is 6.46. The van der Waals surface area contributed by atoms with Crippen LogP contribution in [0.1, 0.15) is 30.6 Å². The Bertz CT molecular complexity index is 503. The molecule has 1 aromatic carbocycles. The monoisotopic (exact) mass is 260 g/mol. The first kappa shape index (κ1) is 13.6. The number of rotatable bonds is 2. The zero-order chi connectivity index (χ0) is 14.2. The van der Waals surface area contributed by atoms with Crippen LogP contribution in [0, 0.1) is 0 Å². The van der Waals surface area contributed by atoms with E-state index in [1.54, 1.807) is 4.90 Å². The van der Waals surface area contributed by atoms with Gasteiger partial charge < -0.3 is 9.80 Å². The molecule has 0 saturated carbocycles. The number of benzene rings is 1. The van der Waals surface area contributed by atoms with E-state index >= 15 is 0 Å². The van der Waals surface area contributed by atoms with Gasteiger partial charge in [0.1, 0.15) is 0 Å². The first-order valence-electron chi connectivity index (χ1n) is 6.46. The highest BCUT2D eigenvalue weighted by Gasteiger charge is 2.42. The van der Waals surface area contributed by atoms with Crippen molar-refractivity contribution in [1.82, 2.24) is 4.90 Å². The predicted molar refractivity (Wildman–Crippen MR) is 75.5 cm³/mol. The minimum absolute atomic E-state index is 0.0684. The Kier molecular flexibility index (Phi) is 3.35. The van der Waals surface area contributed by atoms with Gasteiger partial charge in [-0.1, -0.05) is 0 Å². The molecule has 4 nitrogen and oxygen atoms in total. The molecule has 0 bridgehead atoms. The largest absolute Gasteiger partial charge is 0.378 e. The van der Waals surface area contributed by atoms with E-state index in [0.29, 0.717) is 18.5 Å². The maximum atomic E-state index is 12.4. The number of ketones is 1. The number of nitrogens with zero attached hydrogens (tertiary/aromatic N) is 2. The Hall–Kier alpha value is -1.84. The van der Waals surface area contributed by atoms with Crippen molar-refractivity contribution < 1.29 is 9.59 Å². The van der Waals surface area contributed by atoms with Crippen molar-refractivity contribution in [2.45, 2.75) is 25.8 Å². The molecule has 0 atom stereocenters. The second-order valence-electron chi connectivity index (χ2n) is 5.63. The first-order chi connectivity index (χ1) is 8.84. The predicted octanol–water partition coefficient (Wildman–Crippen LogP) is 1.95. The smallest absolute Gasteiger partial charge is 0.254 e. The van der Waals surface area contributed by atoms with Crippen LogP contribution in [-0.4, -0.2) is 42.8 Å². The highest BCUT2D eigenvalue weighted by Crippen LogP contribution is 2.27. The Labute approximate surface area is 114 Å². The van der Waals surface area contributed by atoms with Crippen LogP contribution in [0.5, 0.6) is 0 Å². The minimum atomic E-state index is -0.683. The van der Waals surface area contributed by atoms with Gasteiger partial charge in [-0.25, -0.2) is 0 Å². The van der Waals surface area contributed by atoms with Crippen LogP contribution in [0.25, 0.3) is 0 Å². The lowest BCUT2D eigenvalue weighted by Crippen LogP contribution is -2.46. The maximum Gasteiger partial charge on any atom is 0.254 e. The highest BCUT2D eigenvalue weighted by molar-refractivity contribution is 6.01. The van der Waals surface area contributed by atoms with Crippen LogP contribution in [0.2, 0.25) is 0 Å². The quantitative estimate of drug-likeness (QED) is 0.816. The molecule has 102 valence electrons. The molecular weight excluding hydrogens is 240 g/mol. The summed E-state index contributed by atoms with van der Waals surface area (Å²) < 4.78 is 0. The van der Waals surface area contributed by atoms with Gasteiger partial charge >= 0.3 is 0 Å². The molecule has 1 heterocycles.